The number of carbonyl (C=O) groups is 1. The fraction of sp³-hybridized carbons (Fsp3) is 0.167. The van der Waals surface area contributed by atoms with E-state index in [-0.39, 0.29) is 28.7 Å². The number of amides is 1. The molecule has 160 valence electrons. The van der Waals surface area contributed by atoms with Crippen LogP contribution >= 0.6 is 0 Å². The van der Waals surface area contributed by atoms with Crippen molar-refractivity contribution < 1.29 is 35.5 Å². The Bertz CT molecular complexity index is 1180. The Kier molecular flexibility index (Phi) is 7.41. The molecular weight excluding hydrogens is 461 g/mol. The zero-order chi connectivity index (χ0) is 20.9. The van der Waals surface area contributed by atoms with Crippen LogP contribution in [0.4, 0.5) is 4.39 Å². The fourth-order valence-electron chi connectivity index (χ4n) is 3.46. The van der Waals surface area contributed by atoms with E-state index < -0.39 is 0 Å². The molecule has 4 rings (SSSR count). The summed E-state index contributed by atoms with van der Waals surface area (Å²) in [6.07, 6.45) is 6.33. The quantitative estimate of drug-likeness (QED) is 0.379. The molecule has 0 aliphatic rings. The van der Waals surface area contributed by atoms with Gasteiger partial charge in [-0.3, -0.25) is 4.79 Å². The normalized spacial score (nSPS) is 10.5. The number of H-pyrrole nitrogens is 1. The molecule has 2 aromatic heterocycles. The van der Waals surface area contributed by atoms with E-state index >= 15 is 0 Å². The maximum atomic E-state index is 13.3. The Hall–Kier alpha value is -3.19. The van der Waals surface area contributed by atoms with Crippen LogP contribution in [-0.4, -0.2) is 24.5 Å². The number of methoxy groups -OCH3 is 1. The van der Waals surface area contributed by atoms with Crippen molar-refractivity contribution in [3.8, 4) is 5.75 Å². The molecule has 2 heterocycles. The molecule has 5 nitrogen and oxygen atoms in total. The lowest BCUT2D eigenvalue weighted by Gasteiger charge is -2.05. The van der Waals surface area contributed by atoms with Gasteiger partial charge in [0.1, 0.15) is 11.6 Å². The van der Waals surface area contributed by atoms with Crippen LogP contribution in [0.25, 0.3) is 10.9 Å². The molecule has 7 heteroatoms. The van der Waals surface area contributed by atoms with Crippen LogP contribution in [-0.2, 0) is 13.0 Å². The van der Waals surface area contributed by atoms with Crippen molar-refractivity contribution in [1.82, 2.24) is 10.3 Å². The molecule has 2 N–H and O–H groups in total. The van der Waals surface area contributed by atoms with Crippen LogP contribution in [0.2, 0.25) is 0 Å². The first-order chi connectivity index (χ1) is 14.6. The Labute approximate surface area is 190 Å². The summed E-state index contributed by atoms with van der Waals surface area (Å²) in [6.45, 7) is 1.07. The first kappa shape index (κ1) is 22.5. The summed E-state index contributed by atoms with van der Waals surface area (Å²) < 4.78 is 20.5. The Morgan fingerprint density at radius 2 is 1.94 bits per heavy atom. The Morgan fingerprint density at radius 3 is 2.68 bits per heavy atom. The van der Waals surface area contributed by atoms with E-state index in [0.717, 1.165) is 27.8 Å². The first-order valence-electron chi connectivity index (χ1n) is 9.78. The molecule has 0 spiro atoms. The van der Waals surface area contributed by atoms with Gasteiger partial charge in [-0.1, -0.05) is 12.1 Å². The number of hydrogen-bond donors (Lipinski definition) is 2. The van der Waals surface area contributed by atoms with Crippen LogP contribution in [0.1, 0.15) is 21.5 Å². The highest BCUT2D eigenvalue weighted by Gasteiger charge is 2.10. The smallest absolute Gasteiger partial charge is 0.251 e. The van der Waals surface area contributed by atoms with Gasteiger partial charge in [-0.2, -0.15) is 0 Å². The van der Waals surface area contributed by atoms with E-state index in [4.69, 9.17) is 4.74 Å². The summed E-state index contributed by atoms with van der Waals surface area (Å²) in [6, 6.07) is 15.9. The molecule has 0 saturated heterocycles. The van der Waals surface area contributed by atoms with Gasteiger partial charge >= 0.3 is 0 Å². The SMILES string of the molecule is COc1ccc2[nH]cc(CCNC(=O)c3cc[n+](Cc4cccc(F)c4)cc3)c2c1.[Br-]. The lowest BCUT2D eigenvalue weighted by atomic mass is 10.1. The summed E-state index contributed by atoms with van der Waals surface area (Å²) >= 11 is 0. The summed E-state index contributed by atoms with van der Waals surface area (Å²) in [7, 11) is 1.65. The number of rotatable bonds is 7. The number of fused-ring (bicyclic) bond motifs is 1. The van der Waals surface area contributed by atoms with Crippen LogP contribution in [0.15, 0.2) is 73.2 Å². The first-order valence-corrected chi connectivity index (χ1v) is 9.78. The van der Waals surface area contributed by atoms with Gasteiger partial charge in [0, 0.05) is 41.3 Å². The molecule has 0 bridgehead atoms. The van der Waals surface area contributed by atoms with Crippen molar-refractivity contribution in [1.29, 1.82) is 0 Å². The third-order valence-electron chi connectivity index (χ3n) is 5.06. The zero-order valence-corrected chi connectivity index (χ0v) is 18.7. The van der Waals surface area contributed by atoms with E-state index in [1.165, 1.54) is 12.1 Å². The highest BCUT2D eigenvalue weighted by molar-refractivity contribution is 5.94. The lowest BCUT2D eigenvalue weighted by molar-refractivity contribution is -0.688. The van der Waals surface area contributed by atoms with E-state index in [0.29, 0.717) is 25.1 Å². The third kappa shape index (κ3) is 5.49. The van der Waals surface area contributed by atoms with Crippen molar-refractivity contribution in [2.75, 3.05) is 13.7 Å². The van der Waals surface area contributed by atoms with Crippen LogP contribution < -0.4 is 31.6 Å². The van der Waals surface area contributed by atoms with Crippen molar-refractivity contribution >= 4 is 16.8 Å². The van der Waals surface area contributed by atoms with E-state index in [1.54, 1.807) is 25.3 Å². The number of hydrogen-bond acceptors (Lipinski definition) is 2. The molecule has 1 amide bonds. The van der Waals surface area contributed by atoms with Crippen molar-refractivity contribution in [2.24, 2.45) is 0 Å². The largest absolute Gasteiger partial charge is 1.00 e. The average molecular weight is 484 g/mol. The van der Waals surface area contributed by atoms with Gasteiger partial charge in [-0.05, 0) is 42.3 Å². The molecule has 0 radical (unpaired) electrons. The van der Waals surface area contributed by atoms with Gasteiger partial charge < -0.3 is 32.0 Å². The number of nitrogens with one attached hydrogen (secondary N) is 2. The number of pyridine rings is 1. The average Bonchev–Trinajstić information content (AvgIpc) is 3.16. The summed E-state index contributed by atoms with van der Waals surface area (Å²) in [5.41, 5.74) is 3.63. The number of aromatic nitrogens is 2. The number of benzene rings is 2. The van der Waals surface area contributed by atoms with Crippen molar-refractivity contribution in [3.05, 3.63) is 95.7 Å². The van der Waals surface area contributed by atoms with Gasteiger partial charge in [0.25, 0.3) is 5.91 Å². The molecule has 0 atom stereocenters. The summed E-state index contributed by atoms with van der Waals surface area (Å²) in [4.78, 5) is 15.7. The Balaban J connectivity index is 0.00000272. The predicted molar refractivity (Wildman–Crippen MR) is 113 cm³/mol. The van der Waals surface area contributed by atoms with E-state index in [1.807, 2.05) is 47.4 Å². The number of aromatic amines is 1. The molecule has 0 fully saturated rings. The monoisotopic (exact) mass is 483 g/mol. The molecule has 31 heavy (non-hydrogen) atoms. The highest BCUT2D eigenvalue weighted by atomic mass is 79.9. The minimum Gasteiger partial charge on any atom is -1.00 e. The van der Waals surface area contributed by atoms with Gasteiger partial charge in [-0.15, -0.1) is 0 Å². The van der Waals surface area contributed by atoms with Crippen molar-refractivity contribution in [3.63, 3.8) is 0 Å². The van der Waals surface area contributed by atoms with Crippen molar-refractivity contribution in [2.45, 2.75) is 13.0 Å². The maximum absolute atomic E-state index is 13.3. The number of halogens is 2. The molecule has 0 unspecified atom stereocenters. The molecule has 0 aliphatic carbocycles. The second-order valence-corrected chi connectivity index (χ2v) is 7.12. The zero-order valence-electron chi connectivity index (χ0n) is 17.1. The minimum atomic E-state index is -0.252. The standard InChI is InChI=1S/C24H22FN3O2.BrH/c1-30-21-5-6-23-22(14-21)19(15-27-23)7-10-26-24(29)18-8-11-28(12-9-18)16-17-3-2-4-20(25)13-17;/h2-6,8-9,11-15,27H,7,10,16H2,1H3;1H. The number of ether oxygens (including phenoxy) is 1. The third-order valence-corrected chi connectivity index (χ3v) is 5.06. The number of nitrogens with zero attached hydrogens (tertiary/aromatic N) is 1. The highest BCUT2D eigenvalue weighted by Crippen LogP contribution is 2.23. The van der Waals surface area contributed by atoms with Crippen LogP contribution in [0.3, 0.4) is 0 Å². The predicted octanol–water partition coefficient (Wildman–Crippen LogP) is 0.628. The molecule has 0 aliphatic heterocycles. The van der Waals surface area contributed by atoms with Gasteiger partial charge in [0.15, 0.2) is 18.9 Å². The summed E-state index contributed by atoms with van der Waals surface area (Å²) in [5, 5.41) is 4.06. The molecule has 0 saturated carbocycles. The van der Waals surface area contributed by atoms with Gasteiger partial charge in [0.2, 0.25) is 0 Å². The van der Waals surface area contributed by atoms with E-state index in [2.05, 4.69) is 10.3 Å². The lowest BCUT2D eigenvalue weighted by Crippen LogP contribution is -3.00. The Morgan fingerprint density at radius 1 is 1.13 bits per heavy atom. The van der Waals surface area contributed by atoms with Crippen LogP contribution in [0, 0.1) is 5.82 Å². The topological polar surface area (TPSA) is 58.0 Å². The second-order valence-electron chi connectivity index (χ2n) is 7.12. The molecule has 4 aromatic rings. The summed E-state index contributed by atoms with van der Waals surface area (Å²) in [5.74, 6) is 0.436. The molecular formula is C24H23BrFN3O2. The van der Waals surface area contributed by atoms with Gasteiger partial charge in [0.05, 0.1) is 12.7 Å². The van der Waals surface area contributed by atoms with Crippen LogP contribution in [0.5, 0.6) is 5.75 Å². The number of carbonyl (C=O) groups excluding carboxylic acids is 1. The second kappa shape index (κ2) is 10.2. The fourth-order valence-corrected chi connectivity index (χ4v) is 3.46. The maximum Gasteiger partial charge on any atom is 0.251 e. The van der Waals surface area contributed by atoms with E-state index in [9.17, 15) is 9.18 Å². The molecule has 2 aromatic carbocycles. The minimum absolute atomic E-state index is 0. The van der Waals surface area contributed by atoms with Gasteiger partial charge in [-0.25, -0.2) is 8.96 Å².